The number of carboxylic acids is 1. The van der Waals surface area contributed by atoms with Crippen LogP contribution in [0.25, 0.3) is 0 Å². The van der Waals surface area contributed by atoms with Crippen molar-refractivity contribution in [1.82, 2.24) is 0 Å². The van der Waals surface area contributed by atoms with Crippen LogP contribution in [0.15, 0.2) is 36.4 Å². The lowest BCUT2D eigenvalue weighted by Crippen LogP contribution is -2.01. The Bertz CT molecular complexity index is 618. The van der Waals surface area contributed by atoms with Crippen LogP contribution in [0, 0.1) is 19.7 Å². The third kappa shape index (κ3) is 2.73. The van der Waals surface area contributed by atoms with Gasteiger partial charge in [-0.05, 0) is 49.2 Å². The molecule has 0 amide bonds. The minimum atomic E-state index is -0.967. The van der Waals surface area contributed by atoms with Crippen molar-refractivity contribution in [2.75, 3.05) is 5.32 Å². The summed E-state index contributed by atoms with van der Waals surface area (Å²) in [5.41, 5.74) is 2.74. The van der Waals surface area contributed by atoms with E-state index in [9.17, 15) is 9.18 Å². The first-order valence-corrected chi connectivity index (χ1v) is 5.85. The van der Waals surface area contributed by atoms with Crippen LogP contribution in [0.3, 0.4) is 0 Å². The highest BCUT2D eigenvalue weighted by Gasteiger charge is 2.09. The lowest BCUT2D eigenvalue weighted by Gasteiger charge is -2.12. The SMILES string of the molecule is Cc1cc(Nc2c(C)cccc2F)ccc1C(=O)O. The molecular formula is C15H14FNO2. The number of halogens is 1. The van der Waals surface area contributed by atoms with E-state index in [1.165, 1.54) is 12.1 Å². The molecule has 2 aromatic rings. The first-order valence-electron chi connectivity index (χ1n) is 5.85. The summed E-state index contributed by atoms with van der Waals surface area (Å²) >= 11 is 0. The summed E-state index contributed by atoms with van der Waals surface area (Å²) in [6.45, 7) is 3.52. The summed E-state index contributed by atoms with van der Waals surface area (Å²) in [5, 5.41) is 11.9. The van der Waals surface area contributed by atoms with Gasteiger partial charge in [-0.25, -0.2) is 9.18 Å². The standard InChI is InChI=1S/C15H14FNO2/c1-9-4-3-5-13(16)14(9)17-11-6-7-12(15(18)19)10(2)8-11/h3-8,17H,1-2H3,(H,18,19). The van der Waals surface area contributed by atoms with Gasteiger partial charge in [-0.3, -0.25) is 0 Å². The zero-order chi connectivity index (χ0) is 14.0. The van der Waals surface area contributed by atoms with Crippen molar-refractivity contribution in [3.8, 4) is 0 Å². The highest BCUT2D eigenvalue weighted by molar-refractivity contribution is 5.90. The summed E-state index contributed by atoms with van der Waals surface area (Å²) in [6, 6.07) is 9.67. The van der Waals surface area contributed by atoms with Crippen LogP contribution in [0.4, 0.5) is 15.8 Å². The Labute approximate surface area is 110 Å². The number of aromatic carboxylic acids is 1. The molecule has 0 spiro atoms. The Hall–Kier alpha value is -2.36. The molecular weight excluding hydrogens is 245 g/mol. The lowest BCUT2D eigenvalue weighted by atomic mass is 10.1. The molecule has 2 aromatic carbocycles. The second-order valence-corrected chi connectivity index (χ2v) is 4.39. The van der Waals surface area contributed by atoms with Gasteiger partial charge in [0.05, 0.1) is 11.3 Å². The van der Waals surface area contributed by atoms with E-state index in [2.05, 4.69) is 5.32 Å². The Balaban J connectivity index is 2.34. The Morgan fingerprint density at radius 2 is 1.89 bits per heavy atom. The van der Waals surface area contributed by atoms with Crippen molar-refractivity contribution in [3.05, 3.63) is 58.9 Å². The fourth-order valence-corrected chi connectivity index (χ4v) is 1.92. The van der Waals surface area contributed by atoms with Gasteiger partial charge in [0.2, 0.25) is 0 Å². The van der Waals surface area contributed by atoms with Crippen LogP contribution >= 0.6 is 0 Å². The van der Waals surface area contributed by atoms with Crippen LogP contribution in [-0.4, -0.2) is 11.1 Å². The van der Waals surface area contributed by atoms with Gasteiger partial charge in [0, 0.05) is 5.69 Å². The second-order valence-electron chi connectivity index (χ2n) is 4.39. The van der Waals surface area contributed by atoms with E-state index in [1.807, 2.05) is 13.0 Å². The molecule has 0 aliphatic heterocycles. The van der Waals surface area contributed by atoms with E-state index in [-0.39, 0.29) is 11.4 Å². The summed E-state index contributed by atoms with van der Waals surface area (Å²) < 4.78 is 13.7. The second kappa shape index (κ2) is 5.10. The molecule has 0 aromatic heterocycles. The minimum Gasteiger partial charge on any atom is -0.478 e. The number of para-hydroxylation sites is 1. The molecule has 0 saturated heterocycles. The highest BCUT2D eigenvalue weighted by atomic mass is 19.1. The Morgan fingerprint density at radius 1 is 1.16 bits per heavy atom. The lowest BCUT2D eigenvalue weighted by molar-refractivity contribution is 0.0696. The van der Waals surface area contributed by atoms with E-state index in [4.69, 9.17) is 5.11 Å². The Morgan fingerprint density at radius 3 is 2.47 bits per heavy atom. The van der Waals surface area contributed by atoms with Crippen molar-refractivity contribution in [2.24, 2.45) is 0 Å². The topological polar surface area (TPSA) is 49.3 Å². The molecule has 3 nitrogen and oxygen atoms in total. The van der Waals surface area contributed by atoms with Gasteiger partial charge in [0.25, 0.3) is 0 Å². The highest BCUT2D eigenvalue weighted by Crippen LogP contribution is 2.25. The van der Waals surface area contributed by atoms with Crippen molar-refractivity contribution >= 4 is 17.3 Å². The fraction of sp³-hybridized carbons (Fsp3) is 0.133. The molecule has 19 heavy (non-hydrogen) atoms. The number of hydrogen-bond donors (Lipinski definition) is 2. The molecule has 0 heterocycles. The summed E-state index contributed by atoms with van der Waals surface area (Å²) in [6.07, 6.45) is 0. The predicted molar refractivity (Wildman–Crippen MR) is 72.6 cm³/mol. The molecule has 98 valence electrons. The molecule has 0 bridgehead atoms. The normalized spacial score (nSPS) is 10.3. The maximum absolute atomic E-state index is 13.7. The first-order chi connectivity index (χ1) is 8.99. The van der Waals surface area contributed by atoms with Gasteiger partial charge in [0.1, 0.15) is 5.82 Å². The van der Waals surface area contributed by atoms with E-state index in [0.717, 1.165) is 5.56 Å². The monoisotopic (exact) mass is 259 g/mol. The van der Waals surface area contributed by atoms with Crippen LogP contribution in [0.2, 0.25) is 0 Å². The molecule has 4 heteroatoms. The zero-order valence-corrected chi connectivity index (χ0v) is 10.7. The molecule has 0 atom stereocenters. The molecule has 2 N–H and O–H groups in total. The van der Waals surface area contributed by atoms with Crippen LogP contribution in [0.1, 0.15) is 21.5 Å². The molecule has 2 rings (SSSR count). The van der Waals surface area contributed by atoms with Gasteiger partial charge < -0.3 is 10.4 Å². The number of carboxylic acid groups (broad SMARTS) is 1. The summed E-state index contributed by atoms with van der Waals surface area (Å²) in [7, 11) is 0. The zero-order valence-electron chi connectivity index (χ0n) is 10.7. The summed E-state index contributed by atoms with van der Waals surface area (Å²) in [4.78, 5) is 10.9. The number of rotatable bonds is 3. The van der Waals surface area contributed by atoms with Crippen molar-refractivity contribution < 1.29 is 14.3 Å². The van der Waals surface area contributed by atoms with Crippen molar-refractivity contribution in [3.63, 3.8) is 0 Å². The molecule has 0 fully saturated rings. The van der Waals surface area contributed by atoms with Gasteiger partial charge in [-0.15, -0.1) is 0 Å². The Kier molecular flexibility index (Phi) is 3.51. The van der Waals surface area contributed by atoms with E-state index in [0.29, 0.717) is 16.9 Å². The average Bonchev–Trinajstić information content (AvgIpc) is 2.33. The number of carbonyl (C=O) groups is 1. The van der Waals surface area contributed by atoms with Crippen LogP contribution < -0.4 is 5.32 Å². The minimum absolute atomic E-state index is 0.246. The largest absolute Gasteiger partial charge is 0.478 e. The number of hydrogen-bond acceptors (Lipinski definition) is 2. The number of nitrogens with one attached hydrogen (secondary N) is 1. The van der Waals surface area contributed by atoms with Gasteiger partial charge in [-0.2, -0.15) is 0 Å². The van der Waals surface area contributed by atoms with Crippen molar-refractivity contribution in [1.29, 1.82) is 0 Å². The fourth-order valence-electron chi connectivity index (χ4n) is 1.92. The maximum atomic E-state index is 13.7. The predicted octanol–water partition coefficient (Wildman–Crippen LogP) is 3.88. The van der Waals surface area contributed by atoms with Gasteiger partial charge >= 0.3 is 5.97 Å². The van der Waals surface area contributed by atoms with Crippen LogP contribution in [0.5, 0.6) is 0 Å². The number of anilines is 2. The van der Waals surface area contributed by atoms with Gasteiger partial charge in [0.15, 0.2) is 0 Å². The quantitative estimate of drug-likeness (QED) is 0.879. The third-order valence-corrected chi connectivity index (χ3v) is 2.95. The first kappa shape index (κ1) is 13.1. The van der Waals surface area contributed by atoms with E-state index >= 15 is 0 Å². The molecule has 0 radical (unpaired) electrons. The third-order valence-electron chi connectivity index (χ3n) is 2.95. The van der Waals surface area contributed by atoms with Crippen molar-refractivity contribution in [2.45, 2.75) is 13.8 Å². The molecule has 0 aliphatic rings. The molecule has 0 unspecified atom stereocenters. The maximum Gasteiger partial charge on any atom is 0.335 e. The van der Waals surface area contributed by atoms with Gasteiger partial charge in [-0.1, -0.05) is 12.1 Å². The van der Waals surface area contributed by atoms with Crippen LogP contribution in [-0.2, 0) is 0 Å². The molecule has 0 aliphatic carbocycles. The number of benzene rings is 2. The van der Waals surface area contributed by atoms with E-state index < -0.39 is 5.97 Å². The van der Waals surface area contributed by atoms with E-state index in [1.54, 1.807) is 25.1 Å². The number of aryl methyl sites for hydroxylation is 2. The summed E-state index contributed by atoms with van der Waals surface area (Å²) in [5.74, 6) is -1.30. The smallest absolute Gasteiger partial charge is 0.335 e. The molecule has 0 saturated carbocycles. The average molecular weight is 259 g/mol.